The van der Waals surface area contributed by atoms with Crippen LogP contribution in [0.5, 0.6) is 0 Å². The summed E-state index contributed by atoms with van der Waals surface area (Å²) in [5.41, 5.74) is 7.44. The molecule has 1 aliphatic carbocycles. The van der Waals surface area contributed by atoms with Gasteiger partial charge in [0.05, 0.1) is 0 Å². The molecule has 3 aromatic rings. The summed E-state index contributed by atoms with van der Waals surface area (Å²) in [4.78, 5) is 17.6. The second-order valence-electron chi connectivity index (χ2n) is 9.94. The lowest BCUT2D eigenvalue weighted by Gasteiger charge is -2.27. The van der Waals surface area contributed by atoms with E-state index in [1.165, 1.54) is 27.8 Å². The average Bonchev–Trinajstić information content (AvgIpc) is 2.81. The first-order valence-corrected chi connectivity index (χ1v) is 12.1. The number of Topliss-reactive ketones (excluding diaryl/α,β-unsaturated/α-hetero) is 1. The van der Waals surface area contributed by atoms with Crippen LogP contribution in [0.1, 0.15) is 96.5 Å². The average molecular weight is 426 g/mol. The van der Waals surface area contributed by atoms with Crippen molar-refractivity contribution in [3.63, 3.8) is 0 Å². The molecule has 0 amide bonds. The zero-order valence-corrected chi connectivity index (χ0v) is 19.8. The molecule has 3 atom stereocenters. The van der Waals surface area contributed by atoms with E-state index in [-0.39, 0.29) is 5.92 Å². The Morgan fingerprint density at radius 2 is 1.72 bits per heavy atom. The van der Waals surface area contributed by atoms with E-state index in [9.17, 15) is 4.79 Å². The number of pyridine rings is 1. The molecule has 2 nitrogen and oxygen atoms in total. The van der Waals surface area contributed by atoms with E-state index in [1.807, 2.05) is 18.5 Å². The molecule has 0 aliphatic heterocycles. The van der Waals surface area contributed by atoms with Crippen LogP contribution in [0.3, 0.4) is 0 Å². The molecule has 1 heterocycles. The molecule has 1 aromatic heterocycles. The van der Waals surface area contributed by atoms with E-state index in [0.717, 1.165) is 31.2 Å². The summed E-state index contributed by atoms with van der Waals surface area (Å²) in [6.07, 6.45) is 7.70. The van der Waals surface area contributed by atoms with Gasteiger partial charge in [0, 0.05) is 23.9 Å². The Hall–Kier alpha value is -2.74. The molecule has 0 saturated carbocycles. The highest BCUT2D eigenvalue weighted by Gasteiger charge is 2.29. The Morgan fingerprint density at radius 3 is 2.47 bits per heavy atom. The summed E-state index contributed by atoms with van der Waals surface area (Å²) in [5.74, 6) is 1.72. The van der Waals surface area contributed by atoms with Gasteiger partial charge in [0.15, 0.2) is 5.78 Å². The first kappa shape index (κ1) is 22.5. The van der Waals surface area contributed by atoms with Crippen molar-refractivity contribution in [1.82, 2.24) is 4.98 Å². The standard InChI is InChI=1S/C30H35NO/c1-20(2)25-12-10-24-11-13-27(30(32)29(24)18-25)16-22(4)26-8-5-7-23(17-26)15-21(3)28-9-6-14-31-19-28/h5-10,12,14,17-22,27H,11,13,15-16H2,1-4H3. The summed E-state index contributed by atoms with van der Waals surface area (Å²) in [6.45, 7) is 8.92. The van der Waals surface area contributed by atoms with Crippen LogP contribution in [0.15, 0.2) is 67.0 Å². The molecule has 3 unspecified atom stereocenters. The predicted octanol–water partition coefficient (Wildman–Crippen LogP) is 7.49. The molecule has 0 spiro atoms. The third kappa shape index (κ3) is 5.01. The lowest BCUT2D eigenvalue weighted by Crippen LogP contribution is -2.24. The Bertz CT molecular complexity index is 1070. The van der Waals surface area contributed by atoms with Gasteiger partial charge in [-0.3, -0.25) is 9.78 Å². The van der Waals surface area contributed by atoms with Crippen molar-refractivity contribution in [1.29, 1.82) is 0 Å². The Kier molecular flexibility index (Phi) is 6.89. The van der Waals surface area contributed by atoms with Gasteiger partial charge in [-0.2, -0.15) is 0 Å². The van der Waals surface area contributed by atoms with Crippen LogP contribution in [-0.2, 0) is 12.8 Å². The van der Waals surface area contributed by atoms with E-state index in [0.29, 0.717) is 23.5 Å². The highest BCUT2D eigenvalue weighted by atomic mass is 16.1. The number of hydrogen-bond donors (Lipinski definition) is 0. The van der Waals surface area contributed by atoms with Gasteiger partial charge in [-0.15, -0.1) is 0 Å². The maximum absolute atomic E-state index is 13.3. The lowest BCUT2D eigenvalue weighted by molar-refractivity contribution is 0.0889. The number of carbonyl (C=O) groups is 1. The van der Waals surface area contributed by atoms with Gasteiger partial charge >= 0.3 is 0 Å². The smallest absolute Gasteiger partial charge is 0.166 e. The molecule has 0 N–H and O–H groups in total. The van der Waals surface area contributed by atoms with E-state index in [1.54, 1.807) is 0 Å². The number of benzene rings is 2. The molecular weight excluding hydrogens is 390 g/mol. The minimum atomic E-state index is 0.123. The van der Waals surface area contributed by atoms with Crippen LogP contribution < -0.4 is 0 Å². The summed E-state index contributed by atoms with van der Waals surface area (Å²) >= 11 is 0. The van der Waals surface area contributed by atoms with E-state index in [4.69, 9.17) is 0 Å². The van der Waals surface area contributed by atoms with Crippen LogP contribution >= 0.6 is 0 Å². The van der Waals surface area contributed by atoms with Crippen LogP contribution in [0.4, 0.5) is 0 Å². The summed E-state index contributed by atoms with van der Waals surface area (Å²) in [5, 5.41) is 0. The number of aryl methyl sites for hydroxylation is 1. The number of hydrogen-bond acceptors (Lipinski definition) is 2. The summed E-state index contributed by atoms with van der Waals surface area (Å²) < 4.78 is 0. The fourth-order valence-electron chi connectivity index (χ4n) is 5.03. The van der Waals surface area contributed by atoms with Crippen LogP contribution in [0.2, 0.25) is 0 Å². The molecule has 4 rings (SSSR count). The van der Waals surface area contributed by atoms with Gasteiger partial charge in [-0.05, 0) is 83.4 Å². The molecular formula is C30H35NO. The number of carbonyl (C=O) groups excluding carboxylic acids is 1. The molecule has 0 saturated heterocycles. The summed E-state index contributed by atoms with van der Waals surface area (Å²) in [7, 11) is 0. The minimum Gasteiger partial charge on any atom is -0.294 e. The maximum atomic E-state index is 13.3. The molecule has 32 heavy (non-hydrogen) atoms. The number of ketones is 1. The number of aromatic nitrogens is 1. The third-order valence-electron chi connectivity index (χ3n) is 7.15. The van der Waals surface area contributed by atoms with Gasteiger partial charge in [0.25, 0.3) is 0 Å². The Morgan fingerprint density at radius 1 is 0.906 bits per heavy atom. The van der Waals surface area contributed by atoms with Crippen molar-refractivity contribution < 1.29 is 4.79 Å². The van der Waals surface area contributed by atoms with Crippen LogP contribution in [0.25, 0.3) is 0 Å². The zero-order valence-electron chi connectivity index (χ0n) is 19.8. The monoisotopic (exact) mass is 425 g/mol. The van der Waals surface area contributed by atoms with Gasteiger partial charge in [0.2, 0.25) is 0 Å². The molecule has 2 aromatic carbocycles. The molecule has 0 fully saturated rings. The highest BCUT2D eigenvalue weighted by molar-refractivity contribution is 6.00. The van der Waals surface area contributed by atoms with Gasteiger partial charge in [-0.25, -0.2) is 0 Å². The molecule has 166 valence electrons. The molecule has 0 radical (unpaired) electrons. The molecule has 2 heteroatoms. The fourth-order valence-corrected chi connectivity index (χ4v) is 5.03. The number of nitrogens with zero attached hydrogens (tertiary/aromatic N) is 1. The van der Waals surface area contributed by atoms with Crippen molar-refractivity contribution in [3.05, 3.63) is 100 Å². The van der Waals surface area contributed by atoms with E-state index < -0.39 is 0 Å². The van der Waals surface area contributed by atoms with E-state index in [2.05, 4.69) is 81.2 Å². The predicted molar refractivity (Wildman–Crippen MR) is 133 cm³/mol. The maximum Gasteiger partial charge on any atom is 0.166 e. The number of rotatable bonds is 7. The van der Waals surface area contributed by atoms with Crippen LogP contribution in [0, 0.1) is 5.92 Å². The zero-order chi connectivity index (χ0) is 22.7. The first-order valence-electron chi connectivity index (χ1n) is 12.1. The summed E-state index contributed by atoms with van der Waals surface area (Å²) in [6, 6.07) is 19.6. The van der Waals surface area contributed by atoms with Crippen molar-refractivity contribution in [2.24, 2.45) is 5.92 Å². The second-order valence-corrected chi connectivity index (χ2v) is 9.94. The highest BCUT2D eigenvalue weighted by Crippen LogP contribution is 2.34. The van der Waals surface area contributed by atoms with Crippen molar-refractivity contribution in [3.8, 4) is 0 Å². The molecule has 0 bridgehead atoms. The third-order valence-corrected chi connectivity index (χ3v) is 7.15. The Labute approximate surface area is 193 Å². The normalized spacial score (nSPS) is 17.8. The fraction of sp³-hybridized carbons (Fsp3) is 0.400. The SMILES string of the molecule is CC(C)c1ccc2c(c1)C(=O)C(CC(C)c1cccc(CC(C)c3cccnc3)c1)CC2. The minimum absolute atomic E-state index is 0.123. The van der Waals surface area contributed by atoms with Gasteiger partial charge in [0.1, 0.15) is 0 Å². The van der Waals surface area contributed by atoms with Gasteiger partial charge < -0.3 is 0 Å². The Balaban J connectivity index is 1.45. The van der Waals surface area contributed by atoms with Crippen molar-refractivity contribution in [2.75, 3.05) is 0 Å². The van der Waals surface area contributed by atoms with Crippen molar-refractivity contribution in [2.45, 2.75) is 71.1 Å². The topological polar surface area (TPSA) is 30.0 Å². The van der Waals surface area contributed by atoms with Gasteiger partial charge in [-0.1, -0.05) is 70.2 Å². The lowest BCUT2D eigenvalue weighted by atomic mass is 9.76. The van der Waals surface area contributed by atoms with E-state index >= 15 is 0 Å². The quantitative estimate of drug-likeness (QED) is 0.392. The van der Waals surface area contributed by atoms with Crippen molar-refractivity contribution >= 4 is 5.78 Å². The molecule has 1 aliphatic rings. The first-order chi connectivity index (χ1) is 15.4. The number of fused-ring (bicyclic) bond motifs is 1. The second kappa shape index (κ2) is 9.81. The van der Waals surface area contributed by atoms with Crippen LogP contribution in [-0.4, -0.2) is 10.8 Å². The largest absolute Gasteiger partial charge is 0.294 e.